The molecule has 17 heavy (non-hydrogen) atoms. The van der Waals surface area contributed by atoms with Crippen LogP contribution in [0.5, 0.6) is 0 Å². The standard InChI is InChI=1S/C10H15N3O3S/c1-15-10(14)7-8(11)13-17-9(7)12-5-6-3-2-4-16-6/h6,12H,2-5H2,1H3,(H2,11,13). The van der Waals surface area contributed by atoms with Gasteiger partial charge in [0.05, 0.1) is 13.2 Å². The van der Waals surface area contributed by atoms with Crippen LogP contribution < -0.4 is 11.1 Å². The first-order valence-electron chi connectivity index (χ1n) is 5.41. The Labute approximate surface area is 103 Å². The van der Waals surface area contributed by atoms with Crippen LogP contribution in [0.4, 0.5) is 10.8 Å². The summed E-state index contributed by atoms with van der Waals surface area (Å²) in [7, 11) is 1.32. The number of hydrogen-bond acceptors (Lipinski definition) is 7. The number of nitrogens with two attached hydrogens (primary N) is 1. The van der Waals surface area contributed by atoms with Crippen LogP contribution in [-0.4, -0.2) is 36.7 Å². The van der Waals surface area contributed by atoms with E-state index in [4.69, 9.17) is 10.5 Å². The van der Waals surface area contributed by atoms with Gasteiger partial charge in [0, 0.05) is 13.2 Å². The largest absolute Gasteiger partial charge is 0.465 e. The van der Waals surface area contributed by atoms with E-state index in [0.29, 0.717) is 17.1 Å². The summed E-state index contributed by atoms with van der Waals surface area (Å²) in [5.74, 6) is -0.261. The number of anilines is 2. The van der Waals surface area contributed by atoms with E-state index in [-0.39, 0.29) is 11.9 Å². The molecule has 3 N–H and O–H groups in total. The summed E-state index contributed by atoms with van der Waals surface area (Å²) in [5, 5.41) is 3.78. The monoisotopic (exact) mass is 257 g/mol. The predicted octanol–water partition coefficient (Wildman–Crippen LogP) is 1.10. The van der Waals surface area contributed by atoms with Crippen molar-refractivity contribution in [1.82, 2.24) is 4.37 Å². The maximum Gasteiger partial charge on any atom is 0.344 e. The summed E-state index contributed by atoms with van der Waals surface area (Å²) in [6, 6.07) is 0. The Hall–Kier alpha value is -1.34. The molecule has 1 saturated heterocycles. The third-order valence-electron chi connectivity index (χ3n) is 2.62. The molecule has 0 saturated carbocycles. The fourth-order valence-electron chi connectivity index (χ4n) is 1.73. The molecular formula is C10H15N3O3S. The lowest BCUT2D eigenvalue weighted by Crippen LogP contribution is -2.19. The number of hydrogen-bond donors (Lipinski definition) is 2. The Balaban J connectivity index is 2.02. The van der Waals surface area contributed by atoms with E-state index in [2.05, 4.69) is 14.4 Å². The molecule has 0 spiro atoms. The molecule has 0 aromatic carbocycles. The van der Waals surface area contributed by atoms with Gasteiger partial charge in [0.1, 0.15) is 10.6 Å². The third-order valence-corrected chi connectivity index (χ3v) is 3.44. The quantitative estimate of drug-likeness (QED) is 0.786. The third kappa shape index (κ3) is 2.67. The molecule has 94 valence electrons. The Bertz CT molecular complexity index is 402. The Morgan fingerprint density at radius 2 is 2.59 bits per heavy atom. The maximum atomic E-state index is 11.5. The van der Waals surface area contributed by atoms with Crippen molar-refractivity contribution in [2.45, 2.75) is 18.9 Å². The molecule has 1 atom stereocenters. The lowest BCUT2D eigenvalue weighted by molar-refractivity contribution is 0.0603. The number of nitrogen functional groups attached to an aromatic ring is 1. The van der Waals surface area contributed by atoms with Crippen LogP contribution >= 0.6 is 11.5 Å². The molecule has 0 amide bonds. The van der Waals surface area contributed by atoms with Crippen LogP contribution in [0.15, 0.2) is 0 Å². The molecule has 0 aliphatic carbocycles. The number of nitrogens with one attached hydrogen (secondary N) is 1. The smallest absolute Gasteiger partial charge is 0.344 e. The van der Waals surface area contributed by atoms with Crippen molar-refractivity contribution in [1.29, 1.82) is 0 Å². The molecule has 7 heteroatoms. The van der Waals surface area contributed by atoms with Crippen molar-refractivity contribution in [3.05, 3.63) is 5.56 Å². The van der Waals surface area contributed by atoms with Crippen molar-refractivity contribution in [2.75, 3.05) is 31.3 Å². The van der Waals surface area contributed by atoms with Gasteiger partial charge in [-0.3, -0.25) is 0 Å². The van der Waals surface area contributed by atoms with Crippen LogP contribution in [0.1, 0.15) is 23.2 Å². The summed E-state index contributed by atoms with van der Waals surface area (Å²) in [6.45, 7) is 1.46. The van der Waals surface area contributed by atoms with Gasteiger partial charge in [-0.15, -0.1) is 0 Å². The number of rotatable bonds is 4. The van der Waals surface area contributed by atoms with Crippen molar-refractivity contribution in [2.24, 2.45) is 0 Å². The van der Waals surface area contributed by atoms with Gasteiger partial charge in [0.2, 0.25) is 0 Å². The number of ether oxygens (including phenoxy) is 2. The summed E-state index contributed by atoms with van der Waals surface area (Å²) >= 11 is 1.16. The zero-order valence-corrected chi connectivity index (χ0v) is 10.4. The molecule has 0 radical (unpaired) electrons. The highest BCUT2D eigenvalue weighted by Crippen LogP contribution is 2.27. The van der Waals surface area contributed by atoms with E-state index < -0.39 is 5.97 Å². The molecule has 1 unspecified atom stereocenters. The highest BCUT2D eigenvalue weighted by Gasteiger charge is 2.21. The van der Waals surface area contributed by atoms with Gasteiger partial charge >= 0.3 is 5.97 Å². The number of aromatic nitrogens is 1. The van der Waals surface area contributed by atoms with E-state index in [1.165, 1.54) is 7.11 Å². The molecule has 1 aromatic heterocycles. The van der Waals surface area contributed by atoms with Crippen LogP contribution in [0.25, 0.3) is 0 Å². The second kappa shape index (κ2) is 5.33. The molecule has 1 aromatic rings. The molecule has 6 nitrogen and oxygen atoms in total. The van der Waals surface area contributed by atoms with Crippen molar-refractivity contribution in [3.8, 4) is 0 Å². The minimum absolute atomic E-state index is 0.198. The van der Waals surface area contributed by atoms with Gasteiger partial charge < -0.3 is 20.5 Å². The first-order valence-corrected chi connectivity index (χ1v) is 6.18. The second-order valence-corrected chi connectivity index (χ2v) is 4.55. The van der Waals surface area contributed by atoms with E-state index in [1.54, 1.807) is 0 Å². The molecule has 2 rings (SSSR count). The van der Waals surface area contributed by atoms with E-state index >= 15 is 0 Å². The summed E-state index contributed by atoms with van der Waals surface area (Å²) in [5.41, 5.74) is 5.94. The van der Waals surface area contributed by atoms with Gasteiger partial charge in [0.15, 0.2) is 5.82 Å². The summed E-state index contributed by atoms with van der Waals surface area (Å²) < 4.78 is 14.1. The molecule has 0 bridgehead atoms. The van der Waals surface area contributed by atoms with Gasteiger partial charge in [0.25, 0.3) is 0 Å². The number of carbonyl (C=O) groups excluding carboxylic acids is 1. The number of nitrogens with zero attached hydrogens (tertiary/aromatic N) is 1. The Morgan fingerprint density at radius 1 is 1.76 bits per heavy atom. The Morgan fingerprint density at radius 3 is 3.24 bits per heavy atom. The van der Waals surface area contributed by atoms with Gasteiger partial charge in [-0.2, -0.15) is 4.37 Å². The first-order chi connectivity index (χ1) is 8.22. The maximum absolute atomic E-state index is 11.5. The Kier molecular flexibility index (Phi) is 3.80. The number of methoxy groups -OCH3 is 1. The first kappa shape index (κ1) is 12.1. The minimum Gasteiger partial charge on any atom is -0.465 e. The average Bonchev–Trinajstić information content (AvgIpc) is 2.95. The average molecular weight is 257 g/mol. The molecule has 1 aliphatic rings. The van der Waals surface area contributed by atoms with E-state index in [0.717, 1.165) is 31.0 Å². The second-order valence-electron chi connectivity index (χ2n) is 3.78. The van der Waals surface area contributed by atoms with Gasteiger partial charge in [-0.25, -0.2) is 4.79 Å². The van der Waals surface area contributed by atoms with Crippen molar-refractivity contribution >= 4 is 28.3 Å². The SMILES string of the molecule is COC(=O)c1c(N)nsc1NCC1CCCO1. The lowest BCUT2D eigenvalue weighted by atomic mass is 10.2. The van der Waals surface area contributed by atoms with Crippen LogP contribution in [-0.2, 0) is 9.47 Å². The fourth-order valence-corrected chi connectivity index (χ4v) is 2.44. The zero-order valence-electron chi connectivity index (χ0n) is 9.56. The topological polar surface area (TPSA) is 86.5 Å². The molecule has 2 heterocycles. The summed E-state index contributed by atoms with van der Waals surface area (Å²) in [4.78, 5) is 11.5. The lowest BCUT2D eigenvalue weighted by Gasteiger charge is -2.10. The normalized spacial score (nSPS) is 19.2. The number of carbonyl (C=O) groups is 1. The number of esters is 1. The minimum atomic E-state index is -0.467. The molecule has 1 fully saturated rings. The highest BCUT2D eigenvalue weighted by atomic mass is 32.1. The predicted molar refractivity (Wildman–Crippen MR) is 65.3 cm³/mol. The summed E-state index contributed by atoms with van der Waals surface area (Å²) in [6.07, 6.45) is 2.32. The zero-order chi connectivity index (χ0) is 12.3. The van der Waals surface area contributed by atoms with Crippen molar-refractivity contribution < 1.29 is 14.3 Å². The van der Waals surface area contributed by atoms with Crippen LogP contribution in [0, 0.1) is 0 Å². The fraction of sp³-hybridized carbons (Fsp3) is 0.600. The van der Waals surface area contributed by atoms with E-state index in [9.17, 15) is 4.79 Å². The highest BCUT2D eigenvalue weighted by molar-refractivity contribution is 7.11. The van der Waals surface area contributed by atoms with Gasteiger partial charge in [-0.1, -0.05) is 0 Å². The van der Waals surface area contributed by atoms with Crippen LogP contribution in [0.3, 0.4) is 0 Å². The van der Waals surface area contributed by atoms with E-state index in [1.807, 2.05) is 0 Å². The van der Waals surface area contributed by atoms with Crippen molar-refractivity contribution in [3.63, 3.8) is 0 Å². The molecular weight excluding hydrogens is 242 g/mol. The van der Waals surface area contributed by atoms with Gasteiger partial charge in [-0.05, 0) is 24.4 Å². The van der Waals surface area contributed by atoms with Crippen LogP contribution in [0.2, 0.25) is 0 Å². The molecule has 1 aliphatic heterocycles.